The standard InChI is InChI=1S/C25H30O5/c1-14(26)22(29)17-13-15-12-16(27)4-8-23(15,2)18-5-9-24(3)19(21(17)18)6-10-25(24)11-7-20(28)30-25/h5,12,17,19,21H,4,6-11,13H2,1-3H3/t17-,19+,21-,23+,24+,25-/m1/s1. The number of allylic oxidation sites excluding steroid dienone is 4. The summed E-state index contributed by atoms with van der Waals surface area (Å²) in [5, 5.41) is 0. The Hall–Kier alpha value is -2.04. The lowest BCUT2D eigenvalue weighted by molar-refractivity contribution is -0.161. The molecule has 3 fully saturated rings. The van der Waals surface area contributed by atoms with E-state index in [1.54, 1.807) is 6.08 Å². The van der Waals surface area contributed by atoms with Gasteiger partial charge in [0.2, 0.25) is 5.78 Å². The van der Waals surface area contributed by atoms with E-state index in [1.165, 1.54) is 12.5 Å². The molecular formula is C25H30O5. The Morgan fingerprint density at radius 1 is 1.10 bits per heavy atom. The summed E-state index contributed by atoms with van der Waals surface area (Å²) < 4.78 is 5.97. The zero-order valence-electron chi connectivity index (χ0n) is 18.1. The Kier molecular flexibility index (Phi) is 4.14. The molecule has 0 amide bonds. The van der Waals surface area contributed by atoms with E-state index in [0.717, 1.165) is 37.7 Å². The topological polar surface area (TPSA) is 77.5 Å². The molecular weight excluding hydrogens is 380 g/mol. The molecule has 0 N–H and O–H groups in total. The van der Waals surface area contributed by atoms with Crippen LogP contribution in [0.3, 0.4) is 0 Å². The van der Waals surface area contributed by atoms with Crippen molar-refractivity contribution in [2.24, 2.45) is 28.6 Å². The van der Waals surface area contributed by atoms with E-state index in [9.17, 15) is 19.2 Å². The molecule has 0 unspecified atom stereocenters. The van der Waals surface area contributed by atoms with Crippen molar-refractivity contribution >= 4 is 23.3 Å². The van der Waals surface area contributed by atoms with Gasteiger partial charge in [0.05, 0.1) is 0 Å². The molecule has 1 saturated heterocycles. The van der Waals surface area contributed by atoms with Gasteiger partial charge in [-0.2, -0.15) is 0 Å². The minimum absolute atomic E-state index is 0.0193. The molecule has 0 aromatic carbocycles. The van der Waals surface area contributed by atoms with E-state index < -0.39 is 17.3 Å². The second-order valence-corrected chi connectivity index (χ2v) is 10.6. The van der Waals surface area contributed by atoms with Crippen LogP contribution >= 0.6 is 0 Å². The number of fused-ring (bicyclic) bond motifs is 6. The van der Waals surface area contributed by atoms with Crippen LogP contribution in [-0.4, -0.2) is 28.9 Å². The van der Waals surface area contributed by atoms with Gasteiger partial charge in [0.25, 0.3) is 0 Å². The second kappa shape index (κ2) is 6.24. The van der Waals surface area contributed by atoms with Gasteiger partial charge in [0.15, 0.2) is 11.6 Å². The van der Waals surface area contributed by atoms with Gasteiger partial charge >= 0.3 is 5.97 Å². The number of esters is 1. The molecule has 160 valence electrons. The molecule has 1 spiro atoms. The highest BCUT2D eigenvalue weighted by atomic mass is 16.6. The molecule has 1 aliphatic heterocycles. The first-order valence-electron chi connectivity index (χ1n) is 11.3. The molecule has 1 heterocycles. The van der Waals surface area contributed by atoms with Crippen molar-refractivity contribution in [3.63, 3.8) is 0 Å². The van der Waals surface area contributed by atoms with Crippen molar-refractivity contribution < 1.29 is 23.9 Å². The van der Waals surface area contributed by atoms with Gasteiger partial charge in [-0.25, -0.2) is 0 Å². The maximum absolute atomic E-state index is 13.1. The van der Waals surface area contributed by atoms with E-state index in [-0.39, 0.29) is 40.2 Å². The average molecular weight is 411 g/mol. The Bertz CT molecular complexity index is 941. The zero-order chi connectivity index (χ0) is 21.5. The van der Waals surface area contributed by atoms with Crippen LogP contribution in [0.25, 0.3) is 0 Å². The van der Waals surface area contributed by atoms with Gasteiger partial charge in [0.1, 0.15) is 5.60 Å². The van der Waals surface area contributed by atoms with Gasteiger partial charge in [-0.3, -0.25) is 19.2 Å². The number of Topliss-reactive ketones (excluding diaryl/α,β-unsaturated/α-hetero) is 2. The lowest BCUT2D eigenvalue weighted by Crippen LogP contribution is -2.54. The van der Waals surface area contributed by atoms with Gasteiger partial charge in [-0.1, -0.05) is 31.1 Å². The summed E-state index contributed by atoms with van der Waals surface area (Å²) in [6.07, 6.45) is 9.56. The lowest BCUT2D eigenvalue weighted by atomic mass is 9.47. The average Bonchev–Trinajstić information content (AvgIpc) is 3.22. The van der Waals surface area contributed by atoms with Crippen molar-refractivity contribution in [2.75, 3.05) is 0 Å². The van der Waals surface area contributed by atoms with Crippen LogP contribution in [0.1, 0.15) is 72.1 Å². The molecule has 2 saturated carbocycles. The van der Waals surface area contributed by atoms with Gasteiger partial charge in [-0.15, -0.1) is 0 Å². The van der Waals surface area contributed by atoms with Gasteiger partial charge < -0.3 is 4.74 Å². The summed E-state index contributed by atoms with van der Waals surface area (Å²) in [6.45, 7) is 5.79. The van der Waals surface area contributed by atoms with Crippen molar-refractivity contribution in [3.8, 4) is 0 Å². The third kappa shape index (κ3) is 2.41. The summed E-state index contributed by atoms with van der Waals surface area (Å²) in [6, 6.07) is 0. The van der Waals surface area contributed by atoms with Crippen LogP contribution in [0.4, 0.5) is 0 Å². The maximum Gasteiger partial charge on any atom is 0.306 e. The zero-order valence-corrected chi connectivity index (χ0v) is 18.1. The third-order valence-electron chi connectivity index (χ3n) is 9.41. The molecule has 0 aromatic heterocycles. The molecule has 6 atom stereocenters. The minimum atomic E-state index is -0.444. The highest BCUT2D eigenvalue weighted by Gasteiger charge is 2.67. The molecule has 5 rings (SSSR count). The fourth-order valence-corrected chi connectivity index (χ4v) is 7.67. The van der Waals surface area contributed by atoms with Crippen LogP contribution < -0.4 is 0 Å². The first-order valence-corrected chi connectivity index (χ1v) is 11.3. The number of hydrogen-bond acceptors (Lipinski definition) is 5. The third-order valence-corrected chi connectivity index (χ3v) is 9.41. The summed E-state index contributed by atoms with van der Waals surface area (Å²) in [7, 11) is 0. The molecule has 5 heteroatoms. The minimum Gasteiger partial charge on any atom is -0.458 e. The van der Waals surface area contributed by atoms with Gasteiger partial charge in [-0.05, 0) is 56.4 Å². The molecule has 4 aliphatic carbocycles. The summed E-state index contributed by atoms with van der Waals surface area (Å²) in [5.74, 6) is -0.959. The quantitative estimate of drug-likeness (QED) is 0.392. The van der Waals surface area contributed by atoms with E-state index in [2.05, 4.69) is 19.9 Å². The van der Waals surface area contributed by atoms with Crippen molar-refractivity contribution in [3.05, 3.63) is 23.3 Å². The van der Waals surface area contributed by atoms with E-state index in [0.29, 0.717) is 19.3 Å². The number of hydrogen-bond donors (Lipinski definition) is 0. The van der Waals surface area contributed by atoms with Crippen molar-refractivity contribution in [1.29, 1.82) is 0 Å². The highest BCUT2D eigenvalue weighted by Crippen LogP contribution is 2.69. The number of ether oxygens (including phenoxy) is 1. The van der Waals surface area contributed by atoms with Crippen LogP contribution in [0.2, 0.25) is 0 Å². The first kappa shape index (κ1) is 19.9. The molecule has 5 nitrogen and oxygen atoms in total. The first-order chi connectivity index (χ1) is 14.1. The van der Waals surface area contributed by atoms with E-state index in [1.807, 2.05) is 0 Å². The molecule has 5 aliphatic rings. The summed E-state index contributed by atoms with van der Waals surface area (Å²) >= 11 is 0. The van der Waals surface area contributed by atoms with Crippen LogP contribution in [0.15, 0.2) is 23.3 Å². The molecule has 0 bridgehead atoms. The summed E-state index contributed by atoms with van der Waals surface area (Å²) in [4.78, 5) is 49.5. The van der Waals surface area contributed by atoms with Crippen LogP contribution in [0, 0.1) is 28.6 Å². The van der Waals surface area contributed by atoms with Gasteiger partial charge in [0, 0.05) is 36.5 Å². The number of carbonyl (C=O) groups is 4. The fraction of sp³-hybridized carbons (Fsp3) is 0.680. The monoisotopic (exact) mass is 410 g/mol. The SMILES string of the molecule is CC(=O)C(=O)[C@@H]1CC2=CC(=O)CC[C@]2(C)C2=CC[C@@]3(C)[C@@H](CC[C@@]34CCC(=O)O4)[C@@H]21. The normalized spacial score (nSPS) is 44.6. The Labute approximate surface area is 177 Å². The second-order valence-electron chi connectivity index (χ2n) is 10.6. The molecule has 0 radical (unpaired) electrons. The predicted octanol–water partition coefficient (Wildman–Crippen LogP) is 3.90. The molecule has 30 heavy (non-hydrogen) atoms. The summed E-state index contributed by atoms with van der Waals surface area (Å²) in [5.41, 5.74) is 1.39. The maximum atomic E-state index is 13.1. The number of ketones is 3. The number of rotatable bonds is 2. The predicted molar refractivity (Wildman–Crippen MR) is 109 cm³/mol. The van der Waals surface area contributed by atoms with E-state index >= 15 is 0 Å². The fourth-order valence-electron chi connectivity index (χ4n) is 7.67. The highest BCUT2D eigenvalue weighted by molar-refractivity contribution is 6.37. The molecule has 0 aromatic rings. The number of carbonyl (C=O) groups excluding carboxylic acids is 4. The smallest absolute Gasteiger partial charge is 0.306 e. The van der Waals surface area contributed by atoms with Crippen molar-refractivity contribution in [2.45, 2.75) is 77.7 Å². The Balaban J connectivity index is 1.64. The Morgan fingerprint density at radius 2 is 1.87 bits per heavy atom. The van der Waals surface area contributed by atoms with Crippen LogP contribution in [0.5, 0.6) is 0 Å². The van der Waals surface area contributed by atoms with E-state index in [4.69, 9.17) is 4.74 Å². The van der Waals surface area contributed by atoms with Crippen LogP contribution in [-0.2, 0) is 23.9 Å². The lowest BCUT2D eigenvalue weighted by Gasteiger charge is -2.56. The van der Waals surface area contributed by atoms with Crippen molar-refractivity contribution in [1.82, 2.24) is 0 Å². The largest absolute Gasteiger partial charge is 0.458 e. The Morgan fingerprint density at radius 3 is 2.53 bits per heavy atom.